The van der Waals surface area contributed by atoms with Gasteiger partial charge < -0.3 is 5.73 Å². The van der Waals surface area contributed by atoms with Crippen LogP contribution in [0.5, 0.6) is 0 Å². The molecule has 2 nitrogen and oxygen atoms in total. The lowest BCUT2D eigenvalue weighted by atomic mass is 10.00. The monoisotopic (exact) mass is 273 g/mol. The second-order valence-corrected chi connectivity index (χ2v) is 4.94. The standard InChI is InChI=1S/C16H16ClNO/c1-2-3-11-4-6-12(7-5-11)16(19)14-10-13(17)8-9-15(14)18/h4-10H,2-3,18H2,1H3. The molecule has 0 aromatic heterocycles. The predicted molar refractivity (Wildman–Crippen MR) is 79.7 cm³/mol. The van der Waals surface area contributed by atoms with Crippen molar-refractivity contribution in [1.29, 1.82) is 0 Å². The molecule has 0 unspecified atom stereocenters. The lowest BCUT2D eigenvalue weighted by molar-refractivity contribution is 0.103. The fraction of sp³-hybridized carbons (Fsp3) is 0.188. The van der Waals surface area contributed by atoms with E-state index < -0.39 is 0 Å². The Morgan fingerprint density at radius 1 is 1.16 bits per heavy atom. The van der Waals surface area contributed by atoms with Gasteiger partial charge in [0.15, 0.2) is 5.78 Å². The Kier molecular flexibility index (Phi) is 4.23. The Hall–Kier alpha value is -1.80. The summed E-state index contributed by atoms with van der Waals surface area (Å²) in [6.07, 6.45) is 2.11. The third kappa shape index (κ3) is 3.15. The van der Waals surface area contributed by atoms with Gasteiger partial charge in [-0.15, -0.1) is 0 Å². The largest absolute Gasteiger partial charge is 0.398 e. The summed E-state index contributed by atoms with van der Waals surface area (Å²) in [5, 5.41) is 0.514. The SMILES string of the molecule is CCCc1ccc(C(=O)c2cc(Cl)ccc2N)cc1. The van der Waals surface area contributed by atoms with Crippen molar-refractivity contribution in [1.82, 2.24) is 0 Å². The Balaban J connectivity index is 2.30. The van der Waals surface area contributed by atoms with Crippen LogP contribution in [0.3, 0.4) is 0 Å². The average Bonchev–Trinajstić information content (AvgIpc) is 2.42. The highest BCUT2D eigenvalue weighted by Crippen LogP contribution is 2.21. The molecule has 2 N–H and O–H groups in total. The molecule has 0 bridgehead atoms. The molecule has 3 heteroatoms. The summed E-state index contributed by atoms with van der Waals surface area (Å²) >= 11 is 5.91. The zero-order chi connectivity index (χ0) is 13.8. The molecule has 0 radical (unpaired) electrons. The summed E-state index contributed by atoms with van der Waals surface area (Å²) in [6.45, 7) is 2.13. The molecule has 0 spiro atoms. The Labute approximate surface area is 118 Å². The first-order valence-corrected chi connectivity index (χ1v) is 6.68. The van der Waals surface area contributed by atoms with E-state index >= 15 is 0 Å². The van der Waals surface area contributed by atoms with E-state index in [0.717, 1.165) is 12.8 Å². The number of carbonyl (C=O) groups excluding carboxylic acids is 1. The number of nitrogens with two attached hydrogens (primary N) is 1. The minimum absolute atomic E-state index is 0.0944. The topological polar surface area (TPSA) is 43.1 Å². The van der Waals surface area contributed by atoms with E-state index in [4.69, 9.17) is 17.3 Å². The first-order chi connectivity index (χ1) is 9.11. The molecule has 2 aromatic carbocycles. The fourth-order valence-electron chi connectivity index (χ4n) is 1.99. The molecule has 0 aliphatic heterocycles. The number of aryl methyl sites for hydroxylation is 1. The molecule has 2 aromatic rings. The number of rotatable bonds is 4. The number of benzene rings is 2. The number of halogens is 1. The summed E-state index contributed by atoms with van der Waals surface area (Å²) in [5.74, 6) is -0.0944. The van der Waals surface area contributed by atoms with Gasteiger partial charge >= 0.3 is 0 Å². The third-order valence-electron chi connectivity index (χ3n) is 3.01. The molecule has 0 saturated heterocycles. The van der Waals surface area contributed by atoms with Gasteiger partial charge in [-0.05, 0) is 30.2 Å². The van der Waals surface area contributed by atoms with Crippen molar-refractivity contribution >= 4 is 23.1 Å². The van der Waals surface area contributed by atoms with Crippen molar-refractivity contribution in [3.8, 4) is 0 Å². The highest BCUT2D eigenvalue weighted by atomic mass is 35.5. The maximum Gasteiger partial charge on any atom is 0.195 e. The van der Waals surface area contributed by atoms with Gasteiger partial charge in [0.25, 0.3) is 0 Å². The minimum atomic E-state index is -0.0944. The zero-order valence-corrected chi connectivity index (χ0v) is 11.6. The number of anilines is 1. The van der Waals surface area contributed by atoms with E-state index in [0.29, 0.717) is 21.8 Å². The van der Waals surface area contributed by atoms with Crippen LogP contribution in [0.25, 0.3) is 0 Å². The number of hydrogen-bond acceptors (Lipinski definition) is 2. The minimum Gasteiger partial charge on any atom is -0.398 e. The van der Waals surface area contributed by atoms with Gasteiger partial charge in [0.2, 0.25) is 0 Å². The van der Waals surface area contributed by atoms with Crippen LogP contribution in [-0.2, 0) is 6.42 Å². The smallest absolute Gasteiger partial charge is 0.195 e. The van der Waals surface area contributed by atoms with Crippen LogP contribution < -0.4 is 5.73 Å². The molecule has 0 atom stereocenters. The lowest BCUT2D eigenvalue weighted by Gasteiger charge is -2.06. The maximum absolute atomic E-state index is 12.3. The van der Waals surface area contributed by atoms with Gasteiger partial charge in [0, 0.05) is 21.8 Å². The van der Waals surface area contributed by atoms with Crippen LogP contribution in [0.2, 0.25) is 5.02 Å². The van der Waals surface area contributed by atoms with Crippen molar-refractivity contribution in [2.45, 2.75) is 19.8 Å². The second kappa shape index (κ2) is 5.89. The molecule has 2 rings (SSSR count). The van der Waals surface area contributed by atoms with Crippen LogP contribution in [0.1, 0.15) is 34.8 Å². The van der Waals surface area contributed by atoms with Gasteiger partial charge in [-0.1, -0.05) is 49.2 Å². The first-order valence-electron chi connectivity index (χ1n) is 6.30. The van der Waals surface area contributed by atoms with Crippen LogP contribution in [0, 0.1) is 0 Å². The summed E-state index contributed by atoms with van der Waals surface area (Å²) in [4.78, 5) is 12.3. The molecule has 0 fully saturated rings. The van der Waals surface area contributed by atoms with Crippen LogP contribution in [-0.4, -0.2) is 5.78 Å². The number of hydrogen-bond donors (Lipinski definition) is 1. The Bertz CT molecular complexity index is 590. The molecular formula is C16H16ClNO. The Morgan fingerprint density at radius 3 is 2.47 bits per heavy atom. The van der Waals surface area contributed by atoms with Crippen molar-refractivity contribution in [2.24, 2.45) is 0 Å². The maximum atomic E-state index is 12.3. The van der Waals surface area contributed by atoms with Crippen molar-refractivity contribution in [3.63, 3.8) is 0 Å². The van der Waals surface area contributed by atoms with Crippen molar-refractivity contribution in [3.05, 3.63) is 64.2 Å². The zero-order valence-electron chi connectivity index (χ0n) is 10.8. The Morgan fingerprint density at radius 2 is 1.84 bits per heavy atom. The summed E-state index contributed by atoms with van der Waals surface area (Å²) in [6, 6.07) is 12.6. The molecule has 0 aliphatic rings. The van der Waals surface area contributed by atoms with Crippen molar-refractivity contribution in [2.75, 3.05) is 5.73 Å². The highest BCUT2D eigenvalue weighted by molar-refractivity contribution is 6.31. The molecule has 0 amide bonds. The van der Waals surface area contributed by atoms with Gasteiger partial charge in [0.1, 0.15) is 0 Å². The highest BCUT2D eigenvalue weighted by Gasteiger charge is 2.12. The molecule has 19 heavy (non-hydrogen) atoms. The molecule has 0 aliphatic carbocycles. The van der Waals surface area contributed by atoms with Crippen molar-refractivity contribution < 1.29 is 4.79 Å². The van der Waals surface area contributed by atoms with Gasteiger partial charge in [0.05, 0.1) is 0 Å². The van der Waals surface area contributed by atoms with E-state index in [2.05, 4.69) is 6.92 Å². The fourth-order valence-corrected chi connectivity index (χ4v) is 2.16. The third-order valence-corrected chi connectivity index (χ3v) is 3.25. The first kappa shape index (κ1) is 13.6. The van der Waals surface area contributed by atoms with E-state index in [9.17, 15) is 4.79 Å². The predicted octanol–water partition coefficient (Wildman–Crippen LogP) is 4.11. The molecule has 98 valence electrons. The lowest BCUT2D eigenvalue weighted by Crippen LogP contribution is -2.05. The van der Waals surface area contributed by atoms with Crippen LogP contribution in [0.4, 0.5) is 5.69 Å². The van der Waals surface area contributed by atoms with E-state index in [1.54, 1.807) is 18.2 Å². The summed E-state index contributed by atoms with van der Waals surface area (Å²) in [5.41, 5.74) is 8.60. The molecular weight excluding hydrogens is 258 g/mol. The van der Waals surface area contributed by atoms with Gasteiger partial charge in [-0.2, -0.15) is 0 Å². The van der Waals surface area contributed by atoms with E-state index in [-0.39, 0.29) is 5.78 Å². The van der Waals surface area contributed by atoms with Gasteiger partial charge in [-0.3, -0.25) is 4.79 Å². The van der Waals surface area contributed by atoms with Crippen LogP contribution in [0.15, 0.2) is 42.5 Å². The second-order valence-electron chi connectivity index (χ2n) is 4.51. The summed E-state index contributed by atoms with van der Waals surface area (Å²) < 4.78 is 0. The van der Waals surface area contributed by atoms with E-state index in [1.807, 2.05) is 24.3 Å². The van der Waals surface area contributed by atoms with E-state index in [1.165, 1.54) is 5.56 Å². The van der Waals surface area contributed by atoms with Gasteiger partial charge in [-0.25, -0.2) is 0 Å². The quantitative estimate of drug-likeness (QED) is 0.673. The molecule has 0 heterocycles. The number of nitrogen functional groups attached to an aromatic ring is 1. The normalized spacial score (nSPS) is 10.4. The molecule has 0 saturated carbocycles. The van der Waals surface area contributed by atoms with Crippen LogP contribution >= 0.6 is 11.6 Å². The summed E-state index contributed by atoms with van der Waals surface area (Å²) in [7, 11) is 0. The number of carbonyl (C=O) groups is 1. The average molecular weight is 274 g/mol. The number of ketones is 1.